The minimum Gasteiger partial charge on any atom is -0.337 e. The van der Waals surface area contributed by atoms with Crippen molar-refractivity contribution in [1.82, 2.24) is 30.4 Å². The van der Waals surface area contributed by atoms with Gasteiger partial charge in [0.1, 0.15) is 5.82 Å². The highest BCUT2D eigenvalue weighted by Crippen LogP contribution is 2.20. The van der Waals surface area contributed by atoms with Crippen molar-refractivity contribution >= 4 is 24.3 Å². The largest absolute Gasteiger partial charge is 0.337 e. The molecule has 2 fully saturated rings. The van der Waals surface area contributed by atoms with Crippen LogP contribution in [0, 0.1) is 0 Å². The van der Waals surface area contributed by atoms with Crippen LogP contribution in [-0.4, -0.2) is 58.6 Å². The summed E-state index contributed by atoms with van der Waals surface area (Å²) in [4.78, 5) is 30.8. The molecule has 0 radical (unpaired) electrons. The molecule has 9 heteroatoms. The maximum Gasteiger partial charge on any atom is 0.321 e. The number of amides is 3. The van der Waals surface area contributed by atoms with Gasteiger partial charge in [0.25, 0.3) is 0 Å². The van der Waals surface area contributed by atoms with Gasteiger partial charge >= 0.3 is 6.03 Å². The van der Waals surface area contributed by atoms with Crippen LogP contribution in [0.15, 0.2) is 12.4 Å². The number of carbonyl (C=O) groups excluding carboxylic acids is 2. The lowest BCUT2D eigenvalue weighted by Gasteiger charge is -2.35. The lowest BCUT2D eigenvalue weighted by atomic mass is 9.96. The number of imidazole rings is 1. The van der Waals surface area contributed by atoms with Gasteiger partial charge in [0.05, 0.1) is 12.6 Å². The number of aromatic nitrogens is 2. The Balaban J connectivity index is 0.00000243. The molecule has 0 bridgehead atoms. The van der Waals surface area contributed by atoms with Gasteiger partial charge in [-0.1, -0.05) is 19.3 Å². The molecular formula is C17H29ClN6O2. The first-order valence-electron chi connectivity index (χ1n) is 9.16. The molecule has 0 spiro atoms. The summed E-state index contributed by atoms with van der Waals surface area (Å²) >= 11 is 0. The first-order chi connectivity index (χ1) is 12.1. The lowest BCUT2D eigenvalue weighted by molar-refractivity contribution is -0.122. The Morgan fingerprint density at radius 2 is 2.08 bits per heavy atom. The molecule has 1 atom stereocenters. The average Bonchev–Trinajstić information content (AvgIpc) is 3.02. The smallest absolute Gasteiger partial charge is 0.321 e. The highest BCUT2D eigenvalue weighted by atomic mass is 35.5. The average molecular weight is 385 g/mol. The molecule has 3 N–H and O–H groups in total. The first-order valence-corrected chi connectivity index (χ1v) is 9.16. The number of aryl methyl sites for hydroxylation is 1. The molecule has 1 saturated heterocycles. The van der Waals surface area contributed by atoms with E-state index in [1.54, 1.807) is 6.20 Å². The molecule has 1 unspecified atom stereocenters. The Labute approximate surface area is 160 Å². The summed E-state index contributed by atoms with van der Waals surface area (Å²) in [5.41, 5.74) is 0. The van der Waals surface area contributed by atoms with Gasteiger partial charge in [-0.15, -0.1) is 12.4 Å². The third-order valence-corrected chi connectivity index (χ3v) is 5.05. The summed E-state index contributed by atoms with van der Waals surface area (Å²) < 4.78 is 1.97. The van der Waals surface area contributed by atoms with Crippen LogP contribution < -0.4 is 16.0 Å². The van der Waals surface area contributed by atoms with E-state index in [9.17, 15) is 9.59 Å². The molecule has 1 aliphatic carbocycles. The van der Waals surface area contributed by atoms with Crippen molar-refractivity contribution in [2.75, 3.05) is 26.2 Å². The monoisotopic (exact) mass is 384 g/mol. The maximum absolute atomic E-state index is 12.3. The van der Waals surface area contributed by atoms with Gasteiger partial charge in [0, 0.05) is 45.1 Å². The van der Waals surface area contributed by atoms with Crippen LogP contribution in [0.2, 0.25) is 0 Å². The number of urea groups is 1. The number of imide groups is 1. The second kappa shape index (κ2) is 9.89. The molecule has 146 valence electrons. The molecule has 1 aliphatic heterocycles. The molecule has 3 amide bonds. The third kappa shape index (κ3) is 5.43. The third-order valence-electron chi connectivity index (χ3n) is 5.05. The molecule has 3 rings (SSSR count). The Morgan fingerprint density at radius 3 is 2.77 bits per heavy atom. The zero-order valence-electron chi connectivity index (χ0n) is 15.2. The van der Waals surface area contributed by atoms with E-state index in [0.29, 0.717) is 0 Å². The second-order valence-electron chi connectivity index (χ2n) is 6.94. The van der Waals surface area contributed by atoms with Crippen molar-refractivity contribution in [3.05, 3.63) is 18.2 Å². The van der Waals surface area contributed by atoms with Crippen molar-refractivity contribution in [3.63, 3.8) is 0 Å². The van der Waals surface area contributed by atoms with Crippen molar-refractivity contribution in [1.29, 1.82) is 0 Å². The Morgan fingerprint density at radius 1 is 1.31 bits per heavy atom. The van der Waals surface area contributed by atoms with Crippen molar-refractivity contribution in [3.8, 4) is 0 Å². The van der Waals surface area contributed by atoms with E-state index in [-0.39, 0.29) is 43.0 Å². The summed E-state index contributed by atoms with van der Waals surface area (Å²) in [6, 6.07) is -0.150. The number of halogens is 1. The van der Waals surface area contributed by atoms with Crippen molar-refractivity contribution < 1.29 is 9.59 Å². The standard InChI is InChI=1S/C17H28N6O2.ClH/c1-22-9-8-19-16(22)14-11-18-7-10-23(14)12-15(24)21-17(25)20-13-5-3-2-4-6-13;/h8-9,13-14,18H,2-7,10-12H2,1H3,(H2,20,21,24,25);1H. The SMILES string of the molecule is Cl.Cn1ccnc1C1CNCCN1CC(=O)NC(=O)NC1CCCCC1. The number of hydrogen-bond donors (Lipinski definition) is 3. The second-order valence-corrected chi connectivity index (χ2v) is 6.94. The molecule has 2 aliphatic rings. The van der Waals surface area contributed by atoms with Gasteiger partial charge in [-0.3, -0.25) is 15.0 Å². The highest BCUT2D eigenvalue weighted by Gasteiger charge is 2.28. The molecule has 1 saturated carbocycles. The molecule has 0 aromatic carbocycles. The zero-order chi connectivity index (χ0) is 17.6. The quantitative estimate of drug-likeness (QED) is 0.718. The molecule has 26 heavy (non-hydrogen) atoms. The number of nitrogens with one attached hydrogen (secondary N) is 3. The van der Waals surface area contributed by atoms with Crippen LogP contribution in [0.4, 0.5) is 4.79 Å². The van der Waals surface area contributed by atoms with Crippen LogP contribution >= 0.6 is 12.4 Å². The molecule has 2 heterocycles. The van der Waals surface area contributed by atoms with Crippen molar-refractivity contribution in [2.24, 2.45) is 7.05 Å². The summed E-state index contributed by atoms with van der Waals surface area (Å²) in [6.07, 6.45) is 9.19. The molecule has 1 aromatic rings. The van der Waals surface area contributed by atoms with Gasteiger partial charge in [0.2, 0.25) is 5.91 Å². The minimum absolute atomic E-state index is 0. The summed E-state index contributed by atoms with van der Waals surface area (Å²) in [6.45, 7) is 2.50. The Kier molecular flexibility index (Phi) is 7.86. The fourth-order valence-corrected chi connectivity index (χ4v) is 3.71. The topological polar surface area (TPSA) is 91.3 Å². The van der Waals surface area contributed by atoms with E-state index >= 15 is 0 Å². The van der Waals surface area contributed by atoms with Gasteiger partial charge in [-0.25, -0.2) is 9.78 Å². The fourth-order valence-electron chi connectivity index (χ4n) is 3.71. The van der Waals surface area contributed by atoms with Crippen LogP contribution in [0.5, 0.6) is 0 Å². The Bertz CT molecular complexity index is 602. The van der Waals surface area contributed by atoms with E-state index in [2.05, 4.69) is 25.8 Å². The van der Waals surface area contributed by atoms with E-state index in [1.807, 2.05) is 17.8 Å². The fraction of sp³-hybridized carbons (Fsp3) is 0.706. The van der Waals surface area contributed by atoms with E-state index in [0.717, 1.165) is 51.1 Å². The van der Waals surface area contributed by atoms with Gasteiger partial charge in [-0.2, -0.15) is 0 Å². The number of carbonyl (C=O) groups is 2. The number of hydrogen-bond acceptors (Lipinski definition) is 5. The van der Waals surface area contributed by atoms with E-state index in [1.165, 1.54) is 6.42 Å². The molecule has 1 aromatic heterocycles. The first kappa shape index (κ1) is 20.7. The van der Waals surface area contributed by atoms with Crippen LogP contribution in [0.1, 0.15) is 44.0 Å². The predicted molar refractivity (Wildman–Crippen MR) is 101 cm³/mol. The van der Waals surface area contributed by atoms with E-state index < -0.39 is 0 Å². The number of piperazine rings is 1. The highest BCUT2D eigenvalue weighted by molar-refractivity contribution is 5.95. The maximum atomic E-state index is 12.3. The van der Waals surface area contributed by atoms with Gasteiger partial charge in [0.15, 0.2) is 0 Å². The molecular weight excluding hydrogens is 356 g/mol. The number of rotatable bonds is 4. The predicted octanol–water partition coefficient (Wildman–Crippen LogP) is 0.947. The van der Waals surface area contributed by atoms with Crippen LogP contribution in [0.3, 0.4) is 0 Å². The summed E-state index contributed by atoms with van der Waals surface area (Å²) in [5.74, 6) is 0.654. The Hall–Kier alpha value is -1.64. The van der Waals surface area contributed by atoms with Gasteiger partial charge < -0.3 is 15.2 Å². The summed E-state index contributed by atoms with van der Waals surface area (Å²) in [7, 11) is 1.95. The van der Waals surface area contributed by atoms with Crippen LogP contribution in [0.25, 0.3) is 0 Å². The minimum atomic E-state index is -0.374. The lowest BCUT2D eigenvalue weighted by Crippen LogP contribution is -2.52. The summed E-state index contributed by atoms with van der Waals surface area (Å²) in [5, 5.41) is 8.74. The van der Waals surface area contributed by atoms with Crippen LogP contribution in [-0.2, 0) is 11.8 Å². The zero-order valence-corrected chi connectivity index (χ0v) is 16.1. The van der Waals surface area contributed by atoms with Crippen molar-refractivity contribution in [2.45, 2.75) is 44.2 Å². The molecule has 8 nitrogen and oxygen atoms in total. The van der Waals surface area contributed by atoms with Gasteiger partial charge in [-0.05, 0) is 12.8 Å². The number of nitrogens with zero attached hydrogens (tertiary/aromatic N) is 3. The van der Waals surface area contributed by atoms with E-state index in [4.69, 9.17) is 0 Å². The normalized spacial score (nSPS) is 21.7.